The Morgan fingerprint density at radius 2 is 2.09 bits per heavy atom. The minimum absolute atomic E-state index is 0.0301. The predicted molar refractivity (Wildman–Crippen MR) is 88.5 cm³/mol. The monoisotopic (exact) mass is 336 g/mol. The van der Waals surface area contributed by atoms with Crippen molar-refractivity contribution in [2.45, 2.75) is 0 Å². The van der Waals surface area contributed by atoms with Crippen LogP contribution in [0.3, 0.4) is 0 Å². The van der Waals surface area contributed by atoms with Crippen LogP contribution in [0.5, 0.6) is 0 Å². The summed E-state index contributed by atoms with van der Waals surface area (Å²) in [5.41, 5.74) is 3.16. The van der Waals surface area contributed by atoms with E-state index in [9.17, 15) is 10.1 Å². The molecule has 1 N–H and O–H groups in total. The summed E-state index contributed by atoms with van der Waals surface area (Å²) in [5, 5.41) is 15.5. The van der Waals surface area contributed by atoms with E-state index in [0.29, 0.717) is 21.4 Å². The van der Waals surface area contributed by atoms with Crippen molar-refractivity contribution in [1.82, 2.24) is 4.98 Å². The van der Waals surface area contributed by atoms with Crippen LogP contribution in [0.4, 0.5) is 11.5 Å². The second-order valence-corrected chi connectivity index (χ2v) is 4.89. The summed E-state index contributed by atoms with van der Waals surface area (Å²) in [4.78, 5) is 14.4. The Bertz CT molecular complexity index is 747. The number of nitro groups is 1. The zero-order valence-corrected chi connectivity index (χ0v) is 12.6. The van der Waals surface area contributed by atoms with Crippen LogP contribution in [-0.2, 0) is 0 Å². The quantitative estimate of drug-likeness (QED) is 0.498. The van der Waals surface area contributed by atoms with Gasteiger partial charge in [-0.3, -0.25) is 15.5 Å². The van der Waals surface area contributed by atoms with E-state index in [2.05, 4.69) is 15.5 Å². The van der Waals surface area contributed by atoms with Gasteiger partial charge in [0.1, 0.15) is 0 Å². The van der Waals surface area contributed by atoms with E-state index in [0.717, 1.165) is 0 Å². The van der Waals surface area contributed by atoms with E-state index >= 15 is 0 Å². The lowest BCUT2D eigenvalue weighted by atomic mass is 10.2. The molecule has 112 valence electrons. The fourth-order valence-electron chi connectivity index (χ4n) is 1.58. The second-order valence-electron chi connectivity index (χ2n) is 4.05. The van der Waals surface area contributed by atoms with Crippen molar-refractivity contribution in [3.05, 3.63) is 68.3 Å². The van der Waals surface area contributed by atoms with Gasteiger partial charge in [0.15, 0.2) is 5.82 Å². The molecule has 22 heavy (non-hydrogen) atoms. The molecule has 0 saturated carbocycles. The Kier molecular flexibility index (Phi) is 5.46. The highest BCUT2D eigenvalue weighted by Gasteiger charge is 2.08. The number of hydrogen-bond donors (Lipinski definition) is 1. The molecule has 0 atom stereocenters. The lowest BCUT2D eigenvalue weighted by Gasteiger charge is -2.01. The third kappa shape index (κ3) is 4.28. The van der Waals surface area contributed by atoms with Gasteiger partial charge in [0.05, 0.1) is 20.5 Å². The van der Waals surface area contributed by atoms with Crippen molar-refractivity contribution < 1.29 is 4.92 Å². The first kappa shape index (κ1) is 15.9. The molecular weight excluding hydrogens is 327 g/mol. The molecular formula is C14H10Cl2N4O2. The zero-order valence-electron chi connectivity index (χ0n) is 11.1. The molecule has 0 aliphatic rings. The Morgan fingerprint density at radius 1 is 1.32 bits per heavy atom. The highest BCUT2D eigenvalue weighted by atomic mass is 35.5. The molecule has 1 aromatic heterocycles. The standard InChI is InChI=1S/C14H10Cl2N4O2/c15-11-8-12(16)14(17-9-11)19-18-7-3-5-10-4-1-2-6-13(10)20(21)22/h1-9H,(H,17,19)/b5-3+,18-7-. The van der Waals surface area contributed by atoms with Gasteiger partial charge in [-0.05, 0) is 24.3 Å². The molecule has 0 unspecified atom stereocenters. The van der Waals surface area contributed by atoms with Gasteiger partial charge in [-0.25, -0.2) is 4.98 Å². The number of nitro benzene ring substituents is 1. The molecule has 0 bridgehead atoms. The first-order chi connectivity index (χ1) is 10.6. The minimum Gasteiger partial charge on any atom is -0.260 e. The Balaban J connectivity index is 2.02. The summed E-state index contributed by atoms with van der Waals surface area (Å²) < 4.78 is 0. The SMILES string of the molecule is O=[N+]([O-])c1ccccc1/C=C/C=N\Nc1ncc(Cl)cc1Cl. The first-order valence-corrected chi connectivity index (χ1v) is 6.83. The van der Waals surface area contributed by atoms with Crippen molar-refractivity contribution in [3.63, 3.8) is 0 Å². The van der Waals surface area contributed by atoms with E-state index in [1.807, 2.05) is 0 Å². The van der Waals surface area contributed by atoms with E-state index < -0.39 is 4.92 Å². The van der Waals surface area contributed by atoms with Crippen molar-refractivity contribution in [1.29, 1.82) is 0 Å². The van der Waals surface area contributed by atoms with Crippen LogP contribution < -0.4 is 5.43 Å². The maximum Gasteiger partial charge on any atom is 0.276 e. The fraction of sp³-hybridized carbons (Fsp3) is 0. The van der Waals surface area contributed by atoms with Crippen molar-refractivity contribution in [3.8, 4) is 0 Å². The molecule has 1 heterocycles. The molecule has 2 rings (SSSR count). The Labute approximate surface area is 136 Å². The summed E-state index contributed by atoms with van der Waals surface area (Å²) >= 11 is 11.6. The van der Waals surface area contributed by atoms with E-state index in [1.54, 1.807) is 30.4 Å². The average molecular weight is 337 g/mol. The summed E-state index contributed by atoms with van der Waals surface area (Å²) in [5.74, 6) is 0.362. The Morgan fingerprint density at radius 3 is 2.82 bits per heavy atom. The number of halogens is 2. The highest BCUT2D eigenvalue weighted by molar-refractivity contribution is 6.35. The van der Waals surface area contributed by atoms with Gasteiger partial charge in [-0.2, -0.15) is 5.10 Å². The van der Waals surface area contributed by atoms with Gasteiger partial charge in [0.2, 0.25) is 0 Å². The van der Waals surface area contributed by atoms with Crippen LogP contribution in [0.1, 0.15) is 5.56 Å². The van der Waals surface area contributed by atoms with Crippen LogP contribution in [0.25, 0.3) is 6.08 Å². The number of nitrogens with zero attached hydrogens (tertiary/aromatic N) is 3. The number of hydrazone groups is 1. The van der Waals surface area contributed by atoms with E-state index in [1.165, 1.54) is 24.5 Å². The van der Waals surface area contributed by atoms with Gasteiger partial charge < -0.3 is 0 Å². The van der Waals surface area contributed by atoms with E-state index in [-0.39, 0.29) is 5.69 Å². The number of rotatable bonds is 5. The molecule has 8 heteroatoms. The van der Waals surface area contributed by atoms with Gasteiger partial charge >= 0.3 is 0 Å². The summed E-state index contributed by atoms with van der Waals surface area (Å²) in [7, 11) is 0. The first-order valence-electron chi connectivity index (χ1n) is 6.08. The van der Waals surface area contributed by atoms with Crippen LogP contribution in [0, 0.1) is 10.1 Å². The largest absolute Gasteiger partial charge is 0.276 e. The fourth-order valence-corrected chi connectivity index (χ4v) is 2.00. The molecule has 0 spiro atoms. The van der Waals surface area contributed by atoms with Crippen molar-refractivity contribution in [2.75, 3.05) is 5.43 Å². The lowest BCUT2D eigenvalue weighted by molar-refractivity contribution is -0.385. The Hall–Kier alpha value is -2.44. The number of aromatic nitrogens is 1. The lowest BCUT2D eigenvalue weighted by Crippen LogP contribution is -1.93. The average Bonchev–Trinajstić information content (AvgIpc) is 2.49. The molecule has 2 aromatic rings. The molecule has 1 aromatic carbocycles. The van der Waals surface area contributed by atoms with Crippen molar-refractivity contribution in [2.24, 2.45) is 5.10 Å². The summed E-state index contributed by atoms with van der Waals surface area (Å²) in [6.07, 6.45) is 6.02. The molecule has 0 aliphatic heterocycles. The van der Waals surface area contributed by atoms with Gasteiger partial charge in [-0.1, -0.05) is 35.3 Å². The smallest absolute Gasteiger partial charge is 0.260 e. The number of anilines is 1. The number of benzene rings is 1. The minimum atomic E-state index is -0.438. The molecule has 0 saturated heterocycles. The number of hydrogen-bond acceptors (Lipinski definition) is 5. The van der Waals surface area contributed by atoms with Gasteiger partial charge in [0.25, 0.3) is 5.69 Å². The van der Waals surface area contributed by atoms with Crippen molar-refractivity contribution >= 4 is 47.0 Å². The number of para-hydroxylation sites is 1. The molecule has 6 nitrogen and oxygen atoms in total. The maximum absolute atomic E-state index is 10.9. The third-order valence-electron chi connectivity index (χ3n) is 2.55. The normalized spacial score (nSPS) is 11.2. The van der Waals surface area contributed by atoms with Gasteiger partial charge in [-0.15, -0.1) is 0 Å². The highest BCUT2D eigenvalue weighted by Crippen LogP contribution is 2.22. The number of pyridine rings is 1. The second kappa shape index (κ2) is 7.53. The molecule has 0 aliphatic carbocycles. The maximum atomic E-state index is 10.9. The van der Waals surface area contributed by atoms with Crippen LogP contribution >= 0.6 is 23.2 Å². The van der Waals surface area contributed by atoms with Crippen LogP contribution in [-0.4, -0.2) is 16.1 Å². The van der Waals surface area contributed by atoms with Crippen LogP contribution in [0.2, 0.25) is 10.0 Å². The molecule has 0 fully saturated rings. The zero-order chi connectivity index (χ0) is 15.9. The number of nitrogens with one attached hydrogen (secondary N) is 1. The topological polar surface area (TPSA) is 80.4 Å². The molecule has 0 amide bonds. The summed E-state index contributed by atoms with van der Waals surface area (Å²) in [6, 6.07) is 7.95. The predicted octanol–water partition coefficient (Wildman–Crippen LogP) is 4.41. The number of allylic oxidation sites excluding steroid dienone is 1. The third-order valence-corrected chi connectivity index (χ3v) is 3.04. The van der Waals surface area contributed by atoms with Gasteiger partial charge in [0, 0.05) is 18.5 Å². The van der Waals surface area contributed by atoms with Crippen LogP contribution in [0.15, 0.2) is 47.7 Å². The van der Waals surface area contributed by atoms with E-state index in [4.69, 9.17) is 23.2 Å². The summed E-state index contributed by atoms with van der Waals surface area (Å²) in [6.45, 7) is 0. The molecule has 0 radical (unpaired) electrons.